The van der Waals surface area contributed by atoms with Crippen LogP contribution in [0.15, 0.2) is 27.9 Å². The number of nitrogens with zero attached hydrogens (tertiary/aromatic N) is 4. The highest BCUT2D eigenvalue weighted by Crippen LogP contribution is 3.02. The number of hydrogen-bond acceptors (Lipinski definition) is 6. The van der Waals surface area contributed by atoms with Crippen LogP contribution in [-0.4, -0.2) is 50.4 Å². The normalized spacial score (nSPS) is 20.4. The Kier molecular flexibility index (Phi) is 5.05. The first kappa shape index (κ1) is 22.3. The molecule has 0 amide bonds. The first-order chi connectivity index (χ1) is 13.7. The molecular weight excluding hydrogens is 433 g/mol. The Balaban J connectivity index is 1.92. The summed E-state index contributed by atoms with van der Waals surface area (Å²) in [5.41, 5.74) is -0.932. The van der Waals surface area contributed by atoms with Gasteiger partial charge in [0.05, 0.1) is 5.56 Å². The molecule has 1 aromatic carbocycles. The van der Waals surface area contributed by atoms with Gasteiger partial charge in [-0.2, -0.15) is 0 Å². The molecule has 1 aliphatic rings. The van der Waals surface area contributed by atoms with E-state index in [2.05, 4.69) is 20.4 Å². The molecular formula is C17H22F5N5O2S. The van der Waals surface area contributed by atoms with Crippen LogP contribution in [0.5, 0.6) is 5.75 Å². The number of phenolic OH excluding ortho intramolecular Hbond substituents is 1. The van der Waals surface area contributed by atoms with E-state index in [1.54, 1.807) is 0 Å². The zero-order valence-electron chi connectivity index (χ0n) is 16.3. The fourth-order valence-corrected chi connectivity index (χ4v) is 4.04. The number of piperidine rings is 1. The van der Waals surface area contributed by atoms with Crippen LogP contribution in [0, 0.1) is 0 Å². The second kappa shape index (κ2) is 6.80. The van der Waals surface area contributed by atoms with Crippen molar-refractivity contribution in [3.05, 3.63) is 28.6 Å². The fraction of sp³-hybridized carbons (Fsp3) is 0.471. The smallest absolute Gasteiger partial charge is 0.310 e. The summed E-state index contributed by atoms with van der Waals surface area (Å²) in [6.45, 7) is 4.59. The second-order valence-electron chi connectivity index (χ2n) is 7.26. The molecule has 1 saturated heterocycles. The zero-order valence-corrected chi connectivity index (χ0v) is 17.1. The van der Waals surface area contributed by atoms with Crippen LogP contribution < -0.4 is 10.9 Å². The lowest BCUT2D eigenvalue weighted by atomic mass is 10.1. The Bertz CT molecular complexity index is 1030. The van der Waals surface area contributed by atoms with Gasteiger partial charge in [-0.3, -0.25) is 9.36 Å². The highest BCUT2D eigenvalue weighted by molar-refractivity contribution is 8.45. The zero-order chi connectivity index (χ0) is 22.4. The SMILES string of the molecule is CCN1CCC[C@@H](Nc2nnc(-c3ccc(S(F)(F)(F)(F)F)cc3O)n(C)c2=O)C1. The lowest BCUT2D eigenvalue weighted by Gasteiger charge is -2.40. The van der Waals surface area contributed by atoms with E-state index in [9.17, 15) is 29.3 Å². The van der Waals surface area contributed by atoms with Crippen molar-refractivity contribution < 1.29 is 24.5 Å². The Labute approximate surface area is 169 Å². The Morgan fingerprint density at radius 1 is 1.23 bits per heavy atom. The Morgan fingerprint density at radius 2 is 1.93 bits per heavy atom. The average molecular weight is 455 g/mol. The molecule has 0 radical (unpaired) electrons. The highest BCUT2D eigenvalue weighted by Gasteiger charge is 2.65. The van der Waals surface area contributed by atoms with Crippen molar-refractivity contribution in [3.63, 3.8) is 0 Å². The minimum absolute atomic E-state index is 0.0169. The van der Waals surface area contributed by atoms with E-state index in [0.717, 1.165) is 37.0 Å². The van der Waals surface area contributed by atoms with E-state index in [4.69, 9.17) is 0 Å². The highest BCUT2D eigenvalue weighted by atomic mass is 32.5. The van der Waals surface area contributed by atoms with Gasteiger partial charge in [-0.15, -0.1) is 10.2 Å². The molecule has 13 heteroatoms. The summed E-state index contributed by atoms with van der Waals surface area (Å²) in [5, 5.41) is 20.6. The number of aromatic nitrogens is 3. The quantitative estimate of drug-likeness (QED) is 0.661. The lowest BCUT2D eigenvalue weighted by molar-refractivity contribution is 0.226. The standard InChI is InChI=1S/C17H22F5N5O2S/c1-3-27-8-4-5-11(10-27)23-15-17(29)26(2)16(25-24-15)13-7-6-12(9-14(13)28)30(18,19,20,21)22/h6-7,9,11,28H,3-5,8,10H2,1-2H3,(H,23,24)/t11-/m1/s1. The van der Waals surface area contributed by atoms with Gasteiger partial charge in [0, 0.05) is 25.7 Å². The predicted octanol–water partition coefficient (Wildman–Crippen LogP) is 4.10. The third-order valence-electron chi connectivity index (χ3n) is 5.02. The number of likely N-dealkylation sites (tertiary alicyclic amines) is 1. The van der Waals surface area contributed by atoms with E-state index in [1.807, 2.05) is 6.92 Å². The summed E-state index contributed by atoms with van der Waals surface area (Å²) >= 11 is 0. The molecule has 3 rings (SSSR count). The minimum Gasteiger partial charge on any atom is -0.507 e. The van der Waals surface area contributed by atoms with Crippen LogP contribution in [0.2, 0.25) is 0 Å². The summed E-state index contributed by atoms with van der Waals surface area (Å²) in [7, 11) is -8.65. The van der Waals surface area contributed by atoms with Gasteiger partial charge < -0.3 is 15.3 Å². The number of nitrogens with one attached hydrogen (secondary N) is 1. The number of hydrogen-bond donors (Lipinski definition) is 2. The molecule has 30 heavy (non-hydrogen) atoms. The summed E-state index contributed by atoms with van der Waals surface area (Å²) in [5.74, 6) is -1.38. The van der Waals surface area contributed by atoms with Crippen molar-refractivity contribution in [2.45, 2.75) is 30.7 Å². The molecule has 0 bridgehead atoms. The number of benzene rings is 1. The molecule has 1 aromatic heterocycles. The minimum atomic E-state index is -9.95. The maximum absolute atomic E-state index is 12.9. The van der Waals surface area contributed by atoms with Crippen molar-refractivity contribution in [1.82, 2.24) is 19.7 Å². The molecule has 2 aromatic rings. The summed E-state index contributed by atoms with van der Waals surface area (Å²) < 4.78 is 65.6. The van der Waals surface area contributed by atoms with Crippen molar-refractivity contribution in [3.8, 4) is 17.1 Å². The third kappa shape index (κ3) is 4.67. The Morgan fingerprint density at radius 3 is 2.53 bits per heavy atom. The summed E-state index contributed by atoms with van der Waals surface area (Å²) in [6, 6.07) is 0.698. The average Bonchev–Trinajstić information content (AvgIpc) is 2.64. The number of anilines is 1. The molecule has 2 N–H and O–H groups in total. The van der Waals surface area contributed by atoms with Crippen LogP contribution in [0.4, 0.5) is 25.2 Å². The molecule has 2 heterocycles. The van der Waals surface area contributed by atoms with E-state index in [-0.39, 0.29) is 35.4 Å². The lowest BCUT2D eigenvalue weighted by Crippen LogP contribution is -2.43. The first-order valence-electron chi connectivity index (χ1n) is 9.19. The van der Waals surface area contributed by atoms with Crippen molar-refractivity contribution in [2.75, 3.05) is 25.0 Å². The number of rotatable bonds is 5. The van der Waals surface area contributed by atoms with E-state index in [1.165, 1.54) is 7.05 Å². The molecule has 0 spiro atoms. The van der Waals surface area contributed by atoms with Gasteiger partial charge >= 0.3 is 10.2 Å². The predicted molar refractivity (Wildman–Crippen MR) is 105 cm³/mol. The van der Waals surface area contributed by atoms with E-state index in [0.29, 0.717) is 6.07 Å². The van der Waals surface area contributed by atoms with Crippen molar-refractivity contribution in [2.24, 2.45) is 7.05 Å². The van der Waals surface area contributed by atoms with E-state index < -0.39 is 26.4 Å². The van der Waals surface area contributed by atoms with Gasteiger partial charge in [-0.25, -0.2) is 0 Å². The molecule has 0 unspecified atom stereocenters. The molecule has 1 aliphatic heterocycles. The molecule has 1 fully saturated rings. The maximum atomic E-state index is 12.9. The van der Waals surface area contributed by atoms with Gasteiger partial charge in [-0.05, 0) is 38.1 Å². The van der Waals surface area contributed by atoms with E-state index >= 15 is 0 Å². The second-order valence-corrected chi connectivity index (χ2v) is 9.67. The van der Waals surface area contributed by atoms with Crippen molar-refractivity contribution >= 4 is 16.0 Å². The van der Waals surface area contributed by atoms with Crippen LogP contribution in [0.1, 0.15) is 19.8 Å². The topological polar surface area (TPSA) is 83.3 Å². The summed E-state index contributed by atoms with van der Waals surface area (Å²) in [6.07, 6.45) is 1.78. The van der Waals surface area contributed by atoms with Gasteiger partial charge in [0.25, 0.3) is 5.56 Å². The fourth-order valence-electron chi connectivity index (χ4n) is 3.38. The number of aromatic hydroxyl groups is 1. The molecule has 0 aliphatic carbocycles. The third-order valence-corrected chi connectivity index (χ3v) is 6.16. The van der Waals surface area contributed by atoms with Crippen LogP contribution in [0.25, 0.3) is 11.4 Å². The van der Waals surface area contributed by atoms with Crippen molar-refractivity contribution in [1.29, 1.82) is 0 Å². The van der Waals surface area contributed by atoms with Crippen LogP contribution >= 0.6 is 10.2 Å². The van der Waals surface area contributed by atoms with Crippen LogP contribution in [-0.2, 0) is 7.05 Å². The first-order valence-corrected chi connectivity index (χ1v) is 11.1. The van der Waals surface area contributed by atoms with Gasteiger partial charge in [0.1, 0.15) is 10.6 Å². The maximum Gasteiger partial charge on any atom is 0.310 e. The number of phenols is 1. The molecule has 1 atom stereocenters. The summed E-state index contributed by atoms with van der Waals surface area (Å²) in [4.78, 5) is 12.6. The van der Waals surface area contributed by atoms with Gasteiger partial charge in [0.15, 0.2) is 5.82 Å². The molecule has 168 valence electrons. The molecule has 0 saturated carbocycles. The number of halogens is 5. The monoisotopic (exact) mass is 455 g/mol. The largest absolute Gasteiger partial charge is 0.507 e. The van der Waals surface area contributed by atoms with Gasteiger partial charge in [-0.1, -0.05) is 26.4 Å². The molecule has 7 nitrogen and oxygen atoms in total. The number of likely N-dealkylation sites (N-methyl/N-ethyl adjacent to an activating group) is 1. The van der Waals surface area contributed by atoms with Gasteiger partial charge in [0.2, 0.25) is 5.82 Å². The van der Waals surface area contributed by atoms with Crippen LogP contribution in [0.3, 0.4) is 0 Å². The Hall–Kier alpha value is -2.41.